The first-order valence-electron chi connectivity index (χ1n) is 6.57. The zero-order valence-corrected chi connectivity index (χ0v) is 10.7. The fraction of sp³-hybridized carbons (Fsp3) is 0.188. The molecule has 2 atom stereocenters. The molecule has 0 radical (unpaired) electrons. The Balaban J connectivity index is 1.97. The lowest BCUT2D eigenvalue weighted by atomic mass is 9.87. The molecule has 2 aliphatic rings. The number of carbonyl (C=O) groups excluding carboxylic acids is 1. The minimum Gasteiger partial charge on any atom is -0.469 e. The fourth-order valence-electron chi connectivity index (χ4n) is 2.97. The molecule has 4 rings (SSSR count). The van der Waals surface area contributed by atoms with Crippen molar-refractivity contribution in [2.45, 2.75) is 18.4 Å². The zero-order valence-electron chi connectivity index (χ0n) is 10.7. The molecule has 1 saturated heterocycles. The van der Waals surface area contributed by atoms with Gasteiger partial charge in [0.1, 0.15) is 5.75 Å². The Morgan fingerprint density at radius 2 is 1.80 bits per heavy atom. The predicted octanol–water partition coefficient (Wildman–Crippen LogP) is 1.83. The zero-order chi connectivity index (χ0) is 13.7. The lowest BCUT2D eigenvalue weighted by Crippen LogP contribution is -2.67. The first-order chi connectivity index (χ1) is 9.71. The number of ether oxygens (including phenoxy) is 1. The highest BCUT2D eigenvalue weighted by Crippen LogP contribution is 2.48. The molecule has 1 amide bonds. The van der Waals surface area contributed by atoms with E-state index in [-0.39, 0.29) is 12.1 Å². The van der Waals surface area contributed by atoms with Gasteiger partial charge in [-0.3, -0.25) is 9.69 Å². The van der Waals surface area contributed by atoms with E-state index in [4.69, 9.17) is 4.74 Å². The highest BCUT2D eigenvalue weighted by Gasteiger charge is 2.56. The summed E-state index contributed by atoms with van der Waals surface area (Å²) in [6.45, 7) is 0. The van der Waals surface area contributed by atoms with Crippen molar-refractivity contribution in [2.24, 2.45) is 0 Å². The normalized spacial score (nSPS) is 27.1. The molecule has 0 bridgehead atoms. The molecule has 0 saturated carbocycles. The lowest BCUT2D eigenvalue weighted by molar-refractivity contribution is -0.217. The lowest BCUT2D eigenvalue weighted by Gasteiger charge is -2.53. The van der Waals surface area contributed by atoms with Crippen LogP contribution in [0.2, 0.25) is 0 Å². The third-order valence-corrected chi connectivity index (χ3v) is 3.96. The number of para-hydroxylation sites is 1. The molecule has 20 heavy (non-hydrogen) atoms. The third kappa shape index (κ3) is 1.31. The van der Waals surface area contributed by atoms with Gasteiger partial charge < -0.3 is 9.84 Å². The number of β-lactam (4-membered cyclic amide) rings is 1. The van der Waals surface area contributed by atoms with Gasteiger partial charge in [0.2, 0.25) is 5.91 Å². The van der Waals surface area contributed by atoms with Gasteiger partial charge in [-0.1, -0.05) is 48.5 Å². The molecular weight excluding hydrogens is 254 g/mol. The van der Waals surface area contributed by atoms with Gasteiger partial charge in [-0.15, -0.1) is 0 Å². The molecular formula is C16H13NO3. The van der Waals surface area contributed by atoms with Crippen LogP contribution in [-0.2, 0) is 10.5 Å². The summed E-state index contributed by atoms with van der Waals surface area (Å²) in [5, 5.41) is 11.3. The quantitative estimate of drug-likeness (QED) is 0.802. The summed E-state index contributed by atoms with van der Waals surface area (Å²) < 4.78 is 5.76. The van der Waals surface area contributed by atoms with Crippen LogP contribution in [0.4, 0.5) is 0 Å². The number of carbonyl (C=O) groups is 1. The molecule has 0 unspecified atom stereocenters. The van der Waals surface area contributed by atoms with Crippen LogP contribution in [0.25, 0.3) is 0 Å². The molecule has 4 nitrogen and oxygen atoms in total. The van der Waals surface area contributed by atoms with Gasteiger partial charge in [-0.2, -0.15) is 0 Å². The number of hydrogen-bond acceptors (Lipinski definition) is 3. The van der Waals surface area contributed by atoms with E-state index in [1.807, 2.05) is 48.5 Å². The van der Waals surface area contributed by atoms with Crippen LogP contribution in [0, 0.1) is 0 Å². The molecule has 100 valence electrons. The number of aliphatic hydroxyl groups is 1. The van der Waals surface area contributed by atoms with Crippen molar-refractivity contribution in [3.63, 3.8) is 0 Å². The first-order valence-corrected chi connectivity index (χ1v) is 6.57. The Bertz CT molecular complexity index is 685. The molecule has 1 fully saturated rings. The molecule has 0 aromatic heterocycles. The van der Waals surface area contributed by atoms with E-state index in [0.717, 1.165) is 0 Å². The fourth-order valence-corrected chi connectivity index (χ4v) is 2.97. The predicted molar refractivity (Wildman–Crippen MR) is 71.8 cm³/mol. The Morgan fingerprint density at radius 1 is 1.10 bits per heavy atom. The van der Waals surface area contributed by atoms with E-state index in [2.05, 4.69) is 0 Å². The van der Waals surface area contributed by atoms with E-state index in [1.54, 1.807) is 6.07 Å². The van der Waals surface area contributed by atoms with Crippen LogP contribution in [-0.4, -0.2) is 22.1 Å². The number of amides is 1. The molecule has 2 aliphatic heterocycles. The molecule has 2 aromatic carbocycles. The van der Waals surface area contributed by atoms with Crippen molar-refractivity contribution < 1.29 is 14.6 Å². The highest BCUT2D eigenvalue weighted by atomic mass is 16.5. The van der Waals surface area contributed by atoms with E-state index >= 15 is 0 Å². The minimum absolute atomic E-state index is 0.101. The van der Waals surface area contributed by atoms with Gasteiger partial charge in [0.05, 0.1) is 12.0 Å². The second-order valence-corrected chi connectivity index (χ2v) is 5.07. The monoisotopic (exact) mass is 267 g/mol. The van der Waals surface area contributed by atoms with Gasteiger partial charge in [-0.25, -0.2) is 0 Å². The maximum absolute atomic E-state index is 11.9. The van der Waals surface area contributed by atoms with Crippen LogP contribution in [0.5, 0.6) is 5.75 Å². The van der Waals surface area contributed by atoms with Crippen LogP contribution in [0.1, 0.15) is 17.5 Å². The van der Waals surface area contributed by atoms with Crippen molar-refractivity contribution in [3.05, 3.63) is 65.7 Å². The van der Waals surface area contributed by atoms with E-state index < -0.39 is 5.72 Å². The molecule has 1 N–H and O–H groups in total. The summed E-state index contributed by atoms with van der Waals surface area (Å²) in [5.74, 6) is 0.531. The van der Waals surface area contributed by atoms with Crippen molar-refractivity contribution in [3.8, 4) is 5.75 Å². The van der Waals surface area contributed by atoms with Gasteiger partial charge >= 0.3 is 0 Å². The molecule has 2 heterocycles. The van der Waals surface area contributed by atoms with Gasteiger partial charge in [-0.05, 0) is 6.07 Å². The summed E-state index contributed by atoms with van der Waals surface area (Å²) in [5.41, 5.74) is -0.167. The standard InChI is InChI=1S/C16H13NO3/c18-14-10-15-17(14)16(19,11-6-2-1-3-7-11)12-8-4-5-9-13(12)20-15/h1-9,15,19H,10H2/t15-,16+/m1/s1. The van der Waals surface area contributed by atoms with E-state index in [9.17, 15) is 9.90 Å². The smallest absolute Gasteiger partial charge is 0.233 e. The summed E-state index contributed by atoms with van der Waals surface area (Å²) in [4.78, 5) is 13.4. The topological polar surface area (TPSA) is 49.8 Å². The van der Waals surface area contributed by atoms with Crippen LogP contribution >= 0.6 is 0 Å². The van der Waals surface area contributed by atoms with Crippen LogP contribution < -0.4 is 4.74 Å². The minimum atomic E-state index is -1.45. The molecule has 0 spiro atoms. The molecule has 0 aliphatic carbocycles. The summed E-state index contributed by atoms with van der Waals surface area (Å²) in [7, 11) is 0. The van der Waals surface area contributed by atoms with Crippen molar-refractivity contribution in [2.75, 3.05) is 0 Å². The largest absolute Gasteiger partial charge is 0.469 e. The number of hydrogen-bond donors (Lipinski definition) is 1. The highest BCUT2D eigenvalue weighted by molar-refractivity contribution is 5.85. The maximum Gasteiger partial charge on any atom is 0.233 e. The van der Waals surface area contributed by atoms with Gasteiger partial charge in [0.15, 0.2) is 12.0 Å². The molecule has 2 aromatic rings. The van der Waals surface area contributed by atoms with Crippen molar-refractivity contribution >= 4 is 5.91 Å². The number of fused-ring (bicyclic) bond motifs is 2. The number of benzene rings is 2. The van der Waals surface area contributed by atoms with E-state index in [1.165, 1.54) is 4.90 Å². The summed E-state index contributed by atoms with van der Waals surface area (Å²) in [6, 6.07) is 16.5. The Kier molecular flexibility index (Phi) is 2.20. The Labute approximate surface area is 116 Å². The maximum atomic E-state index is 11.9. The second kappa shape index (κ2) is 3.84. The summed E-state index contributed by atoms with van der Waals surface area (Å²) >= 11 is 0. The first kappa shape index (κ1) is 11.5. The number of nitrogens with zero attached hydrogens (tertiary/aromatic N) is 1. The van der Waals surface area contributed by atoms with E-state index in [0.29, 0.717) is 23.3 Å². The molecule has 4 heteroatoms. The van der Waals surface area contributed by atoms with Crippen LogP contribution in [0.15, 0.2) is 54.6 Å². The summed E-state index contributed by atoms with van der Waals surface area (Å²) in [6.07, 6.45) is -0.0775. The van der Waals surface area contributed by atoms with Gasteiger partial charge in [0, 0.05) is 5.56 Å². The third-order valence-electron chi connectivity index (χ3n) is 3.96. The van der Waals surface area contributed by atoms with Crippen molar-refractivity contribution in [1.82, 2.24) is 4.90 Å². The Morgan fingerprint density at radius 3 is 2.55 bits per heavy atom. The van der Waals surface area contributed by atoms with Crippen LogP contribution in [0.3, 0.4) is 0 Å². The Hall–Kier alpha value is -2.33. The average molecular weight is 267 g/mol. The second-order valence-electron chi connectivity index (χ2n) is 5.07. The van der Waals surface area contributed by atoms with Gasteiger partial charge in [0.25, 0.3) is 0 Å². The van der Waals surface area contributed by atoms with Crippen molar-refractivity contribution in [1.29, 1.82) is 0 Å². The SMILES string of the molecule is O=C1C[C@H]2Oc3ccccc3[C@@](O)(c3ccccc3)N12. The average Bonchev–Trinajstić information content (AvgIpc) is 2.47. The number of rotatable bonds is 1.